The molecule has 1 aliphatic rings. The molecule has 0 bridgehead atoms. The maximum absolute atomic E-state index is 4.23. The van der Waals surface area contributed by atoms with Crippen LogP contribution in [-0.2, 0) is 6.54 Å². The molecule has 6 heteroatoms. The molecule has 1 aliphatic heterocycles. The lowest BCUT2D eigenvalue weighted by atomic mass is 10.0. The first-order valence-electron chi connectivity index (χ1n) is 8.74. The van der Waals surface area contributed by atoms with Gasteiger partial charge in [0.2, 0.25) is 0 Å². The fourth-order valence-electron chi connectivity index (χ4n) is 3.37. The van der Waals surface area contributed by atoms with Crippen LogP contribution in [0.1, 0.15) is 18.4 Å². The molecule has 128 valence electrons. The minimum Gasteiger partial charge on any atom is -0.354 e. The zero-order valence-electron chi connectivity index (χ0n) is 14.1. The van der Waals surface area contributed by atoms with Crippen LogP contribution in [0.15, 0.2) is 54.9 Å². The first-order chi connectivity index (χ1) is 12.4. The smallest absolute Gasteiger partial charge is 0.151 e. The Kier molecular flexibility index (Phi) is 4.70. The van der Waals surface area contributed by atoms with E-state index in [0.717, 1.165) is 37.6 Å². The summed E-state index contributed by atoms with van der Waals surface area (Å²) in [7, 11) is 0. The fourth-order valence-corrected chi connectivity index (χ4v) is 3.37. The fraction of sp³-hybridized carbons (Fsp3) is 0.316. The SMILES string of the molecule is c1ccc(-c2[nH]ncc2CN[C@H]2CCCN(c3cccnn3)C2)cc1. The standard InChI is InChI=1S/C19H22N6/c1-2-6-15(7-3-1)19-16(13-22-24-19)12-20-17-8-5-11-25(14-17)18-9-4-10-21-23-18/h1-4,6-7,9-10,13,17,20H,5,8,11-12,14H2,(H,22,24)/t17-/m0/s1. The van der Waals surface area contributed by atoms with Gasteiger partial charge in [0, 0.05) is 37.4 Å². The summed E-state index contributed by atoms with van der Waals surface area (Å²) >= 11 is 0. The van der Waals surface area contributed by atoms with Gasteiger partial charge in [-0.05, 0) is 30.5 Å². The van der Waals surface area contributed by atoms with Crippen molar-refractivity contribution in [3.8, 4) is 11.3 Å². The van der Waals surface area contributed by atoms with E-state index in [1.165, 1.54) is 17.5 Å². The van der Waals surface area contributed by atoms with Crippen LogP contribution in [0.2, 0.25) is 0 Å². The number of piperidine rings is 1. The molecule has 0 radical (unpaired) electrons. The number of hydrogen-bond acceptors (Lipinski definition) is 5. The van der Waals surface area contributed by atoms with Gasteiger partial charge in [-0.2, -0.15) is 10.2 Å². The number of anilines is 1. The summed E-state index contributed by atoms with van der Waals surface area (Å²) in [5.74, 6) is 0.960. The number of hydrogen-bond donors (Lipinski definition) is 2. The van der Waals surface area contributed by atoms with E-state index in [2.05, 4.69) is 42.7 Å². The van der Waals surface area contributed by atoms with Crippen LogP contribution in [-0.4, -0.2) is 39.5 Å². The quantitative estimate of drug-likeness (QED) is 0.751. The van der Waals surface area contributed by atoms with Gasteiger partial charge in [0.05, 0.1) is 11.9 Å². The minimum absolute atomic E-state index is 0.439. The maximum atomic E-state index is 4.23. The molecule has 0 aliphatic carbocycles. The zero-order valence-corrected chi connectivity index (χ0v) is 14.1. The maximum Gasteiger partial charge on any atom is 0.151 e. The van der Waals surface area contributed by atoms with Crippen molar-refractivity contribution in [2.45, 2.75) is 25.4 Å². The highest BCUT2D eigenvalue weighted by atomic mass is 15.3. The number of aromatic amines is 1. The molecule has 1 aromatic carbocycles. The lowest BCUT2D eigenvalue weighted by Crippen LogP contribution is -2.45. The van der Waals surface area contributed by atoms with E-state index >= 15 is 0 Å². The number of rotatable bonds is 5. The Morgan fingerprint density at radius 1 is 1.16 bits per heavy atom. The van der Waals surface area contributed by atoms with Crippen LogP contribution >= 0.6 is 0 Å². The van der Waals surface area contributed by atoms with Crippen LogP contribution in [0.4, 0.5) is 5.82 Å². The van der Waals surface area contributed by atoms with Gasteiger partial charge in [-0.25, -0.2) is 0 Å². The van der Waals surface area contributed by atoms with Crippen LogP contribution in [0, 0.1) is 0 Å². The summed E-state index contributed by atoms with van der Waals surface area (Å²) in [6, 6.07) is 14.7. The summed E-state index contributed by atoms with van der Waals surface area (Å²) in [5, 5.41) is 19.3. The van der Waals surface area contributed by atoms with Crippen LogP contribution < -0.4 is 10.2 Å². The number of aromatic nitrogens is 4. The van der Waals surface area contributed by atoms with Gasteiger partial charge < -0.3 is 10.2 Å². The Labute approximate surface area is 147 Å². The van der Waals surface area contributed by atoms with E-state index in [0.29, 0.717) is 6.04 Å². The third kappa shape index (κ3) is 3.69. The zero-order chi connectivity index (χ0) is 16.9. The van der Waals surface area contributed by atoms with Crippen molar-refractivity contribution in [1.82, 2.24) is 25.7 Å². The molecule has 0 unspecified atom stereocenters. The summed E-state index contributed by atoms with van der Waals surface area (Å²) in [6.07, 6.45) is 5.96. The molecule has 2 N–H and O–H groups in total. The summed E-state index contributed by atoms with van der Waals surface area (Å²) < 4.78 is 0. The van der Waals surface area contributed by atoms with E-state index in [9.17, 15) is 0 Å². The number of nitrogens with one attached hydrogen (secondary N) is 2. The predicted molar refractivity (Wildman–Crippen MR) is 98.1 cm³/mol. The first-order valence-corrected chi connectivity index (χ1v) is 8.74. The largest absolute Gasteiger partial charge is 0.354 e. The van der Waals surface area contributed by atoms with Gasteiger partial charge in [-0.15, -0.1) is 5.10 Å². The monoisotopic (exact) mass is 334 g/mol. The molecule has 0 amide bonds. The van der Waals surface area contributed by atoms with Crippen molar-refractivity contribution in [2.24, 2.45) is 0 Å². The molecule has 6 nitrogen and oxygen atoms in total. The Bertz CT molecular complexity index is 786. The normalized spacial score (nSPS) is 17.6. The van der Waals surface area contributed by atoms with Gasteiger partial charge >= 0.3 is 0 Å². The highest BCUT2D eigenvalue weighted by Crippen LogP contribution is 2.21. The van der Waals surface area contributed by atoms with E-state index in [-0.39, 0.29) is 0 Å². The van der Waals surface area contributed by atoms with E-state index in [1.54, 1.807) is 6.20 Å². The van der Waals surface area contributed by atoms with E-state index in [1.807, 2.05) is 36.5 Å². The number of H-pyrrole nitrogens is 1. The minimum atomic E-state index is 0.439. The average Bonchev–Trinajstić information content (AvgIpc) is 3.17. The van der Waals surface area contributed by atoms with Crippen molar-refractivity contribution < 1.29 is 0 Å². The molecule has 3 aromatic rings. The Balaban J connectivity index is 1.40. The number of benzene rings is 1. The van der Waals surface area contributed by atoms with Crippen LogP contribution in [0.25, 0.3) is 11.3 Å². The van der Waals surface area contributed by atoms with Crippen molar-refractivity contribution in [2.75, 3.05) is 18.0 Å². The molecule has 25 heavy (non-hydrogen) atoms. The summed E-state index contributed by atoms with van der Waals surface area (Å²) in [5.41, 5.74) is 3.46. The third-order valence-electron chi connectivity index (χ3n) is 4.67. The van der Waals surface area contributed by atoms with Gasteiger partial charge in [-0.1, -0.05) is 30.3 Å². The second kappa shape index (κ2) is 7.44. The van der Waals surface area contributed by atoms with Crippen LogP contribution in [0.5, 0.6) is 0 Å². The van der Waals surface area contributed by atoms with E-state index in [4.69, 9.17) is 0 Å². The lowest BCUT2D eigenvalue weighted by Gasteiger charge is -2.33. The Hall–Kier alpha value is -2.73. The molecule has 0 saturated carbocycles. The molecule has 1 atom stereocenters. The topological polar surface area (TPSA) is 69.7 Å². The van der Waals surface area contributed by atoms with Crippen molar-refractivity contribution in [1.29, 1.82) is 0 Å². The predicted octanol–water partition coefficient (Wildman–Crippen LogP) is 2.63. The highest BCUT2D eigenvalue weighted by molar-refractivity contribution is 5.62. The molecular formula is C19H22N6. The highest BCUT2D eigenvalue weighted by Gasteiger charge is 2.21. The van der Waals surface area contributed by atoms with Crippen LogP contribution in [0.3, 0.4) is 0 Å². The molecule has 0 spiro atoms. The second-order valence-corrected chi connectivity index (χ2v) is 6.38. The van der Waals surface area contributed by atoms with E-state index < -0.39 is 0 Å². The molecule has 2 aromatic heterocycles. The van der Waals surface area contributed by atoms with Crippen molar-refractivity contribution in [3.63, 3.8) is 0 Å². The number of nitrogens with zero attached hydrogens (tertiary/aromatic N) is 4. The van der Waals surface area contributed by atoms with Gasteiger partial charge in [-0.3, -0.25) is 5.10 Å². The average molecular weight is 334 g/mol. The molecule has 1 fully saturated rings. The Morgan fingerprint density at radius 3 is 2.92 bits per heavy atom. The van der Waals surface area contributed by atoms with Crippen molar-refractivity contribution in [3.05, 3.63) is 60.4 Å². The molecule has 1 saturated heterocycles. The molecule has 3 heterocycles. The Morgan fingerprint density at radius 2 is 2.08 bits per heavy atom. The first kappa shape index (κ1) is 15.8. The third-order valence-corrected chi connectivity index (χ3v) is 4.67. The van der Waals surface area contributed by atoms with Crippen molar-refractivity contribution >= 4 is 5.82 Å². The van der Waals surface area contributed by atoms with Gasteiger partial charge in [0.1, 0.15) is 0 Å². The van der Waals surface area contributed by atoms with Gasteiger partial charge in [0.25, 0.3) is 0 Å². The lowest BCUT2D eigenvalue weighted by molar-refractivity contribution is 0.419. The van der Waals surface area contributed by atoms with Gasteiger partial charge in [0.15, 0.2) is 5.82 Å². The molecular weight excluding hydrogens is 312 g/mol. The summed E-state index contributed by atoms with van der Waals surface area (Å²) in [4.78, 5) is 2.31. The summed E-state index contributed by atoms with van der Waals surface area (Å²) in [6.45, 7) is 2.80. The molecule has 4 rings (SSSR count). The second-order valence-electron chi connectivity index (χ2n) is 6.38.